The second-order valence-corrected chi connectivity index (χ2v) is 4.26. The quantitative estimate of drug-likeness (QED) is 0.803. The maximum Gasteiger partial charge on any atom is 0.416 e. The van der Waals surface area contributed by atoms with Gasteiger partial charge in [-0.2, -0.15) is 13.2 Å². The van der Waals surface area contributed by atoms with Crippen molar-refractivity contribution in [1.82, 2.24) is 5.32 Å². The third-order valence-electron chi connectivity index (χ3n) is 2.79. The standard InChI is InChI=1S/C12H9F3N2O3/c1-6-2-3-7(12(13,14)15)4-8(6)17-10(19)5-9(18)16-11(17)20/h2-4H,5H2,1H3,(H,16,18,20). The predicted octanol–water partition coefficient (Wildman–Crippen LogP) is 1.99. The zero-order chi connectivity index (χ0) is 15.1. The van der Waals surface area contributed by atoms with Crippen LogP contribution in [0, 0.1) is 6.92 Å². The molecule has 5 nitrogen and oxygen atoms in total. The summed E-state index contributed by atoms with van der Waals surface area (Å²) >= 11 is 0. The molecule has 1 heterocycles. The lowest BCUT2D eigenvalue weighted by Crippen LogP contribution is -2.53. The van der Waals surface area contributed by atoms with Gasteiger partial charge in [-0.05, 0) is 24.6 Å². The maximum absolute atomic E-state index is 12.7. The summed E-state index contributed by atoms with van der Waals surface area (Å²) in [4.78, 5) is 34.9. The molecule has 2 rings (SSSR count). The highest BCUT2D eigenvalue weighted by atomic mass is 19.4. The lowest BCUT2D eigenvalue weighted by Gasteiger charge is -2.26. The van der Waals surface area contributed by atoms with E-state index in [4.69, 9.17) is 0 Å². The molecule has 0 aromatic heterocycles. The zero-order valence-corrected chi connectivity index (χ0v) is 10.2. The van der Waals surface area contributed by atoms with Crippen molar-refractivity contribution < 1.29 is 27.6 Å². The molecular weight excluding hydrogens is 277 g/mol. The maximum atomic E-state index is 12.7. The number of hydrogen-bond donors (Lipinski definition) is 1. The Labute approximate surface area is 111 Å². The number of urea groups is 1. The molecule has 0 saturated carbocycles. The molecule has 1 aromatic carbocycles. The van der Waals surface area contributed by atoms with Crippen LogP contribution < -0.4 is 10.2 Å². The van der Waals surface area contributed by atoms with Gasteiger partial charge in [0, 0.05) is 0 Å². The first kappa shape index (κ1) is 14.0. The number of alkyl halides is 3. The van der Waals surface area contributed by atoms with Crippen LogP contribution >= 0.6 is 0 Å². The van der Waals surface area contributed by atoms with E-state index in [-0.39, 0.29) is 5.69 Å². The van der Waals surface area contributed by atoms with Gasteiger partial charge in [-0.3, -0.25) is 14.9 Å². The van der Waals surface area contributed by atoms with Gasteiger partial charge < -0.3 is 0 Å². The lowest BCUT2D eigenvalue weighted by atomic mass is 10.1. The highest BCUT2D eigenvalue weighted by Gasteiger charge is 2.36. The summed E-state index contributed by atoms with van der Waals surface area (Å²) in [5.41, 5.74) is -0.846. The zero-order valence-electron chi connectivity index (χ0n) is 10.2. The molecule has 1 aromatic rings. The van der Waals surface area contributed by atoms with Crippen LogP contribution in [-0.2, 0) is 15.8 Å². The van der Waals surface area contributed by atoms with Gasteiger partial charge in [-0.1, -0.05) is 6.07 Å². The molecule has 1 saturated heterocycles. The van der Waals surface area contributed by atoms with Crippen LogP contribution in [0.3, 0.4) is 0 Å². The summed E-state index contributed by atoms with van der Waals surface area (Å²) < 4.78 is 38.0. The van der Waals surface area contributed by atoms with Crippen molar-refractivity contribution in [2.45, 2.75) is 19.5 Å². The van der Waals surface area contributed by atoms with E-state index in [1.165, 1.54) is 6.92 Å². The SMILES string of the molecule is Cc1ccc(C(F)(F)F)cc1N1C(=O)CC(=O)NC1=O. The molecule has 1 N–H and O–H groups in total. The Kier molecular flexibility index (Phi) is 3.24. The van der Waals surface area contributed by atoms with Crippen molar-refractivity contribution in [3.63, 3.8) is 0 Å². The van der Waals surface area contributed by atoms with Gasteiger partial charge in [-0.25, -0.2) is 9.69 Å². The van der Waals surface area contributed by atoms with Crippen molar-refractivity contribution in [1.29, 1.82) is 0 Å². The number of carbonyl (C=O) groups is 3. The highest BCUT2D eigenvalue weighted by molar-refractivity contribution is 6.26. The molecule has 0 spiro atoms. The number of imide groups is 2. The fraction of sp³-hybridized carbons (Fsp3) is 0.250. The molecule has 1 fully saturated rings. The molecule has 8 heteroatoms. The van der Waals surface area contributed by atoms with Crippen molar-refractivity contribution in [2.24, 2.45) is 0 Å². The van der Waals surface area contributed by atoms with Gasteiger partial charge in [0.2, 0.25) is 11.8 Å². The van der Waals surface area contributed by atoms with Crippen LogP contribution in [-0.4, -0.2) is 17.8 Å². The Morgan fingerprint density at radius 2 is 1.85 bits per heavy atom. The Morgan fingerprint density at radius 3 is 2.40 bits per heavy atom. The average Bonchev–Trinajstić information content (AvgIpc) is 2.28. The molecule has 1 aliphatic heterocycles. The third-order valence-corrected chi connectivity index (χ3v) is 2.79. The number of aryl methyl sites for hydroxylation is 1. The van der Waals surface area contributed by atoms with Gasteiger partial charge in [0.1, 0.15) is 6.42 Å². The minimum absolute atomic E-state index is 0.185. The third kappa shape index (κ3) is 2.49. The van der Waals surface area contributed by atoms with Crippen LogP contribution in [0.15, 0.2) is 18.2 Å². The predicted molar refractivity (Wildman–Crippen MR) is 61.8 cm³/mol. The van der Waals surface area contributed by atoms with Gasteiger partial charge in [0.05, 0.1) is 11.3 Å². The molecule has 106 valence electrons. The number of carbonyl (C=O) groups excluding carboxylic acids is 3. The minimum atomic E-state index is -4.59. The molecule has 0 radical (unpaired) electrons. The minimum Gasteiger partial charge on any atom is -0.277 e. The van der Waals surface area contributed by atoms with Crippen molar-refractivity contribution in [3.05, 3.63) is 29.3 Å². The largest absolute Gasteiger partial charge is 0.416 e. The number of halogens is 3. The van der Waals surface area contributed by atoms with Gasteiger partial charge in [0.25, 0.3) is 0 Å². The van der Waals surface area contributed by atoms with Crippen LogP contribution in [0.25, 0.3) is 0 Å². The number of barbiturate groups is 1. The van der Waals surface area contributed by atoms with Gasteiger partial charge >= 0.3 is 12.2 Å². The fourth-order valence-corrected chi connectivity index (χ4v) is 1.82. The molecule has 0 bridgehead atoms. The summed E-state index contributed by atoms with van der Waals surface area (Å²) in [5, 5.41) is 1.89. The van der Waals surface area contributed by atoms with E-state index in [0.717, 1.165) is 12.1 Å². The number of rotatable bonds is 1. The smallest absolute Gasteiger partial charge is 0.277 e. The summed E-state index contributed by atoms with van der Waals surface area (Å²) in [6, 6.07) is 1.68. The van der Waals surface area contributed by atoms with E-state index in [1.54, 1.807) is 0 Å². The number of nitrogens with one attached hydrogen (secondary N) is 1. The van der Waals surface area contributed by atoms with Gasteiger partial charge in [-0.15, -0.1) is 0 Å². The van der Waals surface area contributed by atoms with E-state index < -0.39 is 36.0 Å². The summed E-state index contributed by atoms with van der Waals surface area (Å²) in [7, 11) is 0. The summed E-state index contributed by atoms with van der Waals surface area (Å²) in [5.74, 6) is -1.64. The van der Waals surface area contributed by atoms with Gasteiger partial charge in [0.15, 0.2) is 0 Å². The van der Waals surface area contributed by atoms with E-state index in [1.807, 2.05) is 5.32 Å². The normalized spacial score (nSPS) is 16.4. The highest BCUT2D eigenvalue weighted by Crippen LogP contribution is 2.33. The average molecular weight is 286 g/mol. The Balaban J connectivity index is 2.49. The number of anilines is 1. The lowest BCUT2D eigenvalue weighted by molar-refractivity contribution is -0.137. The van der Waals surface area contributed by atoms with Crippen LogP contribution in [0.1, 0.15) is 17.5 Å². The monoisotopic (exact) mass is 286 g/mol. The number of benzene rings is 1. The molecule has 20 heavy (non-hydrogen) atoms. The summed E-state index contributed by atoms with van der Waals surface area (Å²) in [6.45, 7) is 1.46. The van der Waals surface area contributed by atoms with Crippen LogP contribution in [0.5, 0.6) is 0 Å². The van der Waals surface area contributed by atoms with Crippen molar-refractivity contribution in [2.75, 3.05) is 4.90 Å². The Bertz CT molecular complexity index is 590. The number of amides is 4. The molecule has 4 amide bonds. The van der Waals surface area contributed by atoms with E-state index in [2.05, 4.69) is 0 Å². The number of hydrogen-bond acceptors (Lipinski definition) is 3. The first-order chi connectivity index (χ1) is 9.20. The second kappa shape index (κ2) is 4.62. The van der Waals surface area contributed by atoms with E-state index >= 15 is 0 Å². The van der Waals surface area contributed by atoms with Crippen LogP contribution in [0.4, 0.5) is 23.7 Å². The number of nitrogens with zero attached hydrogens (tertiary/aromatic N) is 1. The molecule has 0 aliphatic carbocycles. The molecular formula is C12H9F3N2O3. The van der Waals surface area contributed by atoms with Crippen LogP contribution in [0.2, 0.25) is 0 Å². The first-order valence-electron chi connectivity index (χ1n) is 5.55. The van der Waals surface area contributed by atoms with Crippen molar-refractivity contribution in [3.8, 4) is 0 Å². The molecule has 1 aliphatic rings. The van der Waals surface area contributed by atoms with E-state index in [0.29, 0.717) is 16.5 Å². The summed E-state index contributed by atoms with van der Waals surface area (Å²) in [6.07, 6.45) is -5.17. The second-order valence-electron chi connectivity index (χ2n) is 4.26. The molecule has 0 unspecified atom stereocenters. The van der Waals surface area contributed by atoms with E-state index in [9.17, 15) is 27.6 Å². The Hall–Kier alpha value is -2.38. The van der Waals surface area contributed by atoms with Crippen molar-refractivity contribution >= 4 is 23.5 Å². The fourth-order valence-electron chi connectivity index (χ4n) is 1.82. The Morgan fingerprint density at radius 1 is 1.20 bits per heavy atom. The first-order valence-corrected chi connectivity index (χ1v) is 5.55. The topological polar surface area (TPSA) is 66.5 Å². The molecule has 0 atom stereocenters.